The summed E-state index contributed by atoms with van der Waals surface area (Å²) in [7, 11) is 0. The molecule has 0 aliphatic rings. The molecule has 0 amide bonds. The summed E-state index contributed by atoms with van der Waals surface area (Å²) < 4.78 is 0. The lowest BCUT2D eigenvalue weighted by molar-refractivity contribution is 0.341. The van der Waals surface area contributed by atoms with Crippen LogP contribution in [0.1, 0.15) is 13.3 Å². The summed E-state index contributed by atoms with van der Waals surface area (Å²) in [5, 5.41) is 8.26. The molecule has 0 aromatic rings. The fourth-order valence-electron chi connectivity index (χ4n) is 0.258. The van der Waals surface area contributed by atoms with Crippen LogP contribution in [0.5, 0.6) is 0 Å². The maximum Gasteiger partial charge on any atom is 0.0614 e. The van der Waals surface area contributed by atoms with Crippen LogP contribution in [0.15, 0.2) is 11.6 Å². The highest BCUT2D eigenvalue weighted by molar-refractivity contribution is 4.97. The van der Waals surface area contributed by atoms with Gasteiger partial charge in [-0.05, 0) is 20.3 Å². The van der Waals surface area contributed by atoms with Crippen LogP contribution < -0.4 is 0 Å². The van der Waals surface area contributed by atoms with Gasteiger partial charge in [-0.2, -0.15) is 0 Å². The molecule has 0 bridgehead atoms. The van der Waals surface area contributed by atoms with Crippen molar-refractivity contribution in [1.29, 1.82) is 0 Å². The van der Waals surface area contributed by atoms with Gasteiger partial charge < -0.3 is 5.11 Å². The van der Waals surface area contributed by atoms with Crippen LogP contribution in [0.4, 0.5) is 0 Å². The van der Waals surface area contributed by atoms with Crippen LogP contribution in [-0.2, 0) is 0 Å². The second-order valence-electron chi connectivity index (χ2n) is 1.48. The molecule has 0 unspecified atom stereocenters. The Labute approximate surface area is 44.7 Å². The fourth-order valence-corrected chi connectivity index (χ4v) is 0.258. The lowest BCUT2D eigenvalue weighted by Crippen LogP contribution is -1.76. The fraction of sp³-hybridized carbons (Fsp3) is 0.500. The van der Waals surface area contributed by atoms with Crippen molar-refractivity contribution in [3.8, 4) is 0 Å². The summed E-state index contributed by atoms with van der Waals surface area (Å²) in [6.07, 6.45) is 2.55. The average molecular weight is 99.2 g/mol. The second-order valence-corrected chi connectivity index (χ2v) is 1.48. The third-order valence-corrected chi connectivity index (χ3v) is 0.834. The summed E-state index contributed by atoms with van der Waals surface area (Å²) in [4.78, 5) is 0. The first kappa shape index (κ1) is 6.70. The van der Waals surface area contributed by atoms with E-state index in [0.717, 1.165) is 12.0 Å². The van der Waals surface area contributed by atoms with Crippen molar-refractivity contribution in [2.45, 2.75) is 13.3 Å². The molecule has 41 valence electrons. The number of rotatable bonds is 2. The van der Waals surface area contributed by atoms with E-state index >= 15 is 0 Å². The van der Waals surface area contributed by atoms with Crippen molar-refractivity contribution in [3.63, 3.8) is 0 Å². The predicted octanol–water partition coefficient (Wildman–Crippen LogP) is 1.15. The van der Waals surface area contributed by atoms with Crippen molar-refractivity contribution in [3.05, 3.63) is 18.6 Å². The number of hydrogen-bond acceptors (Lipinski definition) is 1. The molecule has 0 fully saturated rings. The Morgan fingerprint density at radius 3 is 2.57 bits per heavy atom. The smallest absolute Gasteiger partial charge is 0.0614 e. The first-order valence-corrected chi connectivity index (χ1v) is 2.37. The first-order chi connectivity index (χ1) is 3.31. The quantitative estimate of drug-likeness (QED) is 0.515. The largest absolute Gasteiger partial charge is 0.392 e. The summed E-state index contributed by atoms with van der Waals surface area (Å²) in [5.74, 6) is 0. The highest BCUT2D eigenvalue weighted by Crippen LogP contribution is 1.94. The van der Waals surface area contributed by atoms with Crippen molar-refractivity contribution >= 4 is 0 Å². The first-order valence-electron chi connectivity index (χ1n) is 2.37. The molecule has 0 aromatic carbocycles. The summed E-state index contributed by atoms with van der Waals surface area (Å²) in [6, 6.07) is 0. The van der Waals surface area contributed by atoms with Crippen LogP contribution in [0.2, 0.25) is 0 Å². The van der Waals surface area contributed by atoms with E-state index in [2.05, 4.69) is 6.92 Å². The molecule has 0 rings (SSSR count). The van der Waals surface area contributed by atoms with Crippen molar-refractivity contribution < 1.29 is 5.11 Å². The zero-order valence-corrected chi connectivity index (χ0v) is 4.65. The van der Waals surface area contributed by atoms with Gasteiger partial charge in [0.1, 0.15) is 0 Å². The van der Waals surface area contributed by atoms with E-state index in [1.54, 1.807) is 6.08 Å². The normalized spacial score (nSPS) is 12.1. The van der Waals surface area contributed by atoms with Gasteiger partial charge in [0.25, 0.3) is 0 Å². The van der Waals surface area contributed by atoms with Gasteiger partial charge in [-0.15, -0.1) is 0 Å². The van der Waals surface area contributed by atoms with Crippen LogP contribution in [-0.4, -0.2) is 11.7 Å². The van der Waals surface area contributed by atoms with Gasteiger partial charge in [-0.3, -0.25) is 0 Å². The van der Waals surface area contributed by atoms with Crippen molar-refractivity contribution in [2.75, 3.05) is 6.61 Å². The molecule has 0 saturated heterocycles. The molecule has 7 heavy (non-hydrogen) atoms. The van der Waals surface area contributed by atoms with Crippen molar-refractivity contribution in [1.82, 2.24) is 0 Å². The average Bonchev–Trinajstić information content (AvgIpc) is 1.68. The molecular formula is C6H11O. The van der Waals surface area contributed by atoms with E-state index < -0.39 is 0 Å². The van der Waals surface area contributed by atoms with E-state index in [1.807, 2.05) is 6.92 Å². The van der Waals surface area contributed by atoms with Gasteiger partial charge in [-0.1, -0.05) is 11.6 Å². The van der Waals surface area contributed by atoms with Crippen LogP contribution in [0.25, 0.3) is 0 Å². The molecule has 1 nitrogen and oxygen atoms in total. The maximum atomic E-state index is 8.26. The third-order valence-electron chi connectivity index (χ3n) is 0.834. The molecule has 0 aromatic heterocycles. The molecule has 0 spiro atoms. The minimum absolute atomic E-state index is 0.140. The molecule has 1 N–H and O–H groups in total. The van der Waals surface area contributed by atoms with E-state index in [1.165, 1.54) is 0 Å². The highest BCUT2D eigenvalue weighted by atomic mass is 16.2. The van der Waals surface area contributed by atoms with E-state index in [0.29, 0.717) is 0 Å². The zero-order chi connectivity index (χ0) is 5.70. The Kier molecular flexibility index (Phi) is 3.71. The SMILES string of the molecule is [CH2]CC(C)=CCO. The summed E-state index contributed by atoms with van der Waals surface area (Å²) in [5.41, 5.74) is 1.14. The number of hydrogen-bond donors (Lipinski definition) is 1. The van der Waals surface area contributed by atoms with E-state index in [9.17, 15) is 0 Å². The van der Waals surface area contributed by atoms with Gasteiger partial charge in [0.15, 0.2) is 0 Å². The Morgan fingerprint density at radius 2 is 2.43 bits per heavy atom. The zero-order valence-electron chi connectivity index (χ0n) is 4.65. The summed E-state index contributed by atoms with van der Waals surface area (Å²) in [6.45, 7) is 5.71. The number of aliphatic hydroxyl groups excluding tert-OH is 1. The van der Waals surface area contributed by atoms with Gasteiger partial charge in [0, 0.05) is 0 Å². The molecule has 0 saturated carbocycles. The minimum Gasteiger partial charge on any atom is -0.392 e. The molecule has 1 heteroatoms. The predicted molar refractivity (Wildman–Crippen MR) is 30.8 cm³/mol. The minimum atomic E-state index is 0.140. The van der Waals surface area contributed by atoms with Crippen LogP contribution in [0, 0.1) is 6.92 Å². The topological polar surface area (TPSA) is 20.2 Å². The van der Waals surface area contributed by atoms with Gasteiger partial charge in [-0.25, -0.2) is 0 Å². The van der Waals surface area contributed by atoms with Gasteiger partial charge in [0.05, 0.1) is 6.61 Å². The molecule has 0 heterocycles. The number of aliphatic hydroxyl groups is 1. The molecular weight excluding hydrogens is 88.1 g/mol. The monoisotopic (exact) mass is 99.1 g/mol. The van der Waals surface area contributed by atoms with Gasteiger partial charge in [0.2, 0.25) is 0 Å². The molecule has 0 atom stereocenters. The van der Waals surface area contributed by atoms with Crippen molar-refractivity contribution in [2.24, 2.45) is 0 Å². The second kappa shape index (κ2) is 3.88. The Bertz CT molecular complexity index is 64.6. The Morgan fingerprint density at radius 1 is 1.86 bits per heavy atom. The Hall–Kier alpha value is -0.300. The lowest BCUT2D eigenvalue weighted by atomic mass is 10.2. The third kappa shape index (κ3) is 3.53. The van der Waals surface area contributed by atoms with Gasteiger partial charge >= 0.3 is 0 Å². The van der Waals surface area contributed by atoms with E-state index in [-0.39, 0.29) is 6.61 Å². The maximum absolute atomic E-state index is 8.26. The summed E-state index contributed by atoms with van der Waals surface area (Å²) >= 11 is 0. The standard InChI is InChI=1S/C6H11O/c1-3-6(2)4-5-7/h4,7H,1,3,5H2,2H3. The lowest BCUT2D eigenvalue weighted by Gasteiger charge is -1.88. The molecule has 0 aliphatic heterocycles. The van der Waals surface area contributed by atoms with E-state index in [4.69, 9.17) is 5.11 Å². The molecule has 0 aliphatic carbocycles. The van der Waals surface area contributed by atoms with Crippen LogP contribution >= 0.6 is 0 Å². The Balaban J connectivity index is 3.29. The highest BCUT2D eigenvalue weighted by Gasteiger charge is 1.77. The molecule has 1 radical (unpaired) electrons. The number of allylic oxidation sites excluding steroid dienone is 1. The van der Waals surface area contributed by atoms with Crippen LogP contribution in [0.3, 0.4) is 0 Å².